The summed E-state index contributed by atoms with van der Waals surface area (Å²) in [5, 5.41) is 0.723. The molecule has 28 heavy (non-hydrogen) atoms. The lowest BCUT2D eigenvalue weighted by Crippen LogP contribution is -2.52. The number of carbonyl (C=O) groups excluding carboxylic acids is 2. The maximum atomic E-state index is 12.8. The Morgan fingerprint density at radius 1 is 0.929 bits per heavy atom. The van der Waals surface area contributed by atoms with Crippen LogP contribution in [0.2, 0.25) is 5.02 Å². The van der Waals surface area contributed by atoms with Gasteiger partial charge in [0.05, 0.1) is 0 Å². The fourth-order valence-corrected chi connectivity index (χ4v) is 4.05. The van der Waals surface area contributed by atoms with Gasteiger partial charge in [0.15, 0.2) is 0 Å². The molecule has 2 aromatic rings. The topological polar surface area (TPSA) is 40.6 Å². The smallest absolute Gasteiger partial charge is 0.253 e. The largest absolute Gasteiger partial charge is 0.339 e. The molecule has 0 unspecified atom stereocenters. The van der Waals surface area contributed by atoms with Gasteiger partial charge >= 0.3 is 0 Å². The first-order valence-corrected chi connectivity index (χ1v) is 10.2. The van der Waals surface area contributed by atoms with Crippen molar-refractivity contribution in [3.8, 4) is 11.1 Å². The van der Waals surface area contributed by atoms with Gasteiger partial charge in [-0.1, -0.05) is 36.7 Å². The molecule has 1 aliphatic carbocycles. The molecule has 2 fully saturated rings. The van der Waals surface area contributed by atoms with Crippen molar-refractivity contribution in [1.29, 1.82) is 0 Å². The molecule has 146 valence electrons. The van der Waals surface area contributed by atoms with Crippen molar-refractivity contribution >= 4 is 23.4 Å². The molecule has 4 nitrogen and oxygen atoms in total. The van der Waals surface area contributed by atoms with Gasteiger partial charge in [-0.25, -0.2) is 0 Å². The first kappa shape index (κ1) is 19.0. The highest BCUT2D eigenvalue weighted by Gasteiger charge is 2.47. The maximum absolute atomic E-state index is 12.8. The van der Waals surface area contributed by atoms with E-state index in [-0.39, 0.29) is 17.2 Å². The first-order valence-electron chi connectivity index (χ1n) is 9.83. The molecule has 1 aliphatic heterocycles. The maximum Gasteiger partial charge on any atom is 0.253 e. The third-order valence-corrected chi connectivity index (χ3v) is 6.24. The minimum Gasteiger partial charge on any atom is -0.339 e. The zero-order chi connectivity index (χ0) is 19.9. The van der Waals surface area contributed by atoms with Crippen LogP contribution < -0.4 is 0 Å². The molecule has 0 N–H and O–H groups in total. The Labute approximate surface area is 171 Å². The van der Waals surface area contributed by atoms with Gasteiger partial charge in [-0.3, -0.25) is 9.59 Å². The number of piperazine rings is 1. The average molecular weight is 397 g/mol. The number of carbonyl (C=O) groups is 2. The summed E-state index contributed by atoms with van der Waals surface area (Å²) in [6.07, 6.45) is 1.98. The Kier molecular flexibility index (Phi) is 4.92. The second kappa shape index (κ2) is 7.25. The van der Waals surface area contributed by atoms with Crippen LogP contribution in [0.1, 0.15) is 35.7 Å². The van der Waals surface area contributed by atoms with E-state index in [9.17, 15) is 9.59 Å². The van der Waals surface area contributed by atoms with Gasteiger partial charge in [0.25, 0.3) is 5.91 Å². The van der Waals surface area contributed by atoms with Gasteiger partial charge in [-0.05, 0) is 60.7 Å². The van der Waals surface area contributed by atoms with Crippen molar-refractivity contribution in [2.24, 2.45) is 5.41 Å². The summed E-state index contributed by atoms with van der Waals surface area (Å²) in [5.74, 6) is 0.284. The molecule has 1 saturated carbocycles. The molecule has 0 radical (unpaired) electrons. The fraction of sp³-hybridized carbons (Fsp3) is 0.391. The number of amides is 2. The van der Waals surface area contributed by atoms with E-state index in [1.165, 1.54) is 0 Å². The van der Waals surface area contributed by atoms with Crippen molar-refractivity contribution in [3.63, 3.8) is 0 Å². The molecule has 2 aromatic carbocycles. The van der Waals surface area contributed by atoms with Crippen molar-refractivity contribution in [1.82, 2.24) is 9.80 Å². The van der Waals surface area contributed by atoms with Crippen LogP contribution in [-0.2, 0) is 4.79 Å². The molecule has 0 atom stereocenters. The molecule has 2 aliphatic rings. The fourth-order valence-electron chi connectivity index (χ4n) is 3.82. The standard InChI is InChI=1S/C23H25ClN2O2/c1-16-15-19(24)7-8-20(16)17-3-5-18(6-4-17)21(27)25-11-13-26(14-12-25)22(28)23(2)9-10-23/h3-8,15H,9-14H2,1-2H3. The summed E-state index contributed by atoms with van der Waals surface area (Å²) >= 11 is 6.04. The van der Waals surface area contributed by atoms with E-state index in [4.69, 9.17) is 11.6 Å². The van der Waals surface area contributed by atoms with Crippen molar-refractivity contribution in [2.45, 2.75) is 26.7 Å². The number of benzene rings is 2. The highest BCUT2D eigenvalue weighted by atomic mass is 35.5. The van der Waals surface area contributed by atoms with Crippen LogP contribution in [0.15, 0.2) is 42.5 Å². The highest BCUT2D eigenvalue weighted by Crippen LogP contribution is 2.46. The van der Waals surface area contributed by atoms with Gasteiger partial charge in [0.2, 0.25) is 5.91 Å². The van der Waals surface area contributed by atoms with E-state index < -0.39 is 0 Å². The molecule has 2 amide bonds. The zero-order valence-electron chi connectivity index (χ0n) is 16.4. The van der Waals surface area contributed by atoms with E-state index in [1.807, 2.05) is 66.1 Å². The average Bonchev–Trinajstić information content (AvgIpc) is 3.46. The number of hydrogen-bond acceptors (Lipinski definition) is 2. The lowest BCUT2D eigenvalue weighted by atomic mass is 9.99. The summed E-state index contributed by atoms with van der Waals surface area (Å²) in [6.45, 7) is 6.52. The van der Waals surface area contributed by atoms with Gasteiger partial charge < -0.3 is 9.80 Å². The first-order chi connectivity index (χ1) is 13.4. The Hall–Kier alpha value is -2.33. The van der Waals surface area contributed by atoms with Crippen molar-refractivity contribution in [3.05, 3.63) is 58.6 Å². The summed E-state index contributed by atoms with van der Waals surface area (Å²) in [4.78, 5) is 29.1. The Bertz CT molecular complexity index is 911. The van der Waals surface area contributed by atoms with E-state index in [0.29, 0.717) is 31.7 Å². The molecular formula is C23H25ClN2O2. The van der Waals surface area contributed by atoms with Crippen LogP contribution in [0.4, 0.5) is 0 Å². The number of hydrogen-bond donors (Lipinski definition) is 0. The minimum absolute atomic E-state index is 0.0316. The molecule has 0 aromatic heterocycles. The zero-order valence-corrected chi connectivity index (χ0v) is 17.1. The molecule has 0 bridgehead atoms. The number of aryl methyl sites for hydroxylation is 1. The predicted molar refractivity (Wildman–Crippen MR) is 111 cm³/mol. The normalized spacial score (nSPS) is 18.1. The third-order valence-electron chi connectivity index (χ3n) is 6.00. The third kappa shape index (κ3) is 3.66. The molecular weight excluding hydrogens is 372 g/mol. The van der Waals surface area contributed by atoms with Crippen molar-refractivity contribution in [2.75, 3.05) is 26.2 Å². The summed E-state index contributed by atoms with van der Waals surface area (Å²) < 4.78 is 0. The molecule has 5 heteroatoms. The molecule has 0 spiro atoms. The van der Waals surface area contributed by atoms with E-state index >= 15 is 0 Å². The monoisotopic (exact) mass is 396 g/mol. The van der Waals surface area contributed by atoms with Gasteiger partial charge in [-0.15, -0.1) is 0 Å². The molecule has 1 heterocycles. The predicted octanol–water partition coefficient (Wildman–Crippen LogP) is 4.40. The van der Waals surface area contributed by atoms with Crippen LogP contribution in [0.25, 0.3) is 11.1 Å². The number of halogens is 1. The number of rotatable bonds is 3. The summed E-state index contributed by atoms with van der Waals surface area (Å²) in [7, 11) is 0. The molecule has 4 rings (SSSR count). The highest BCUT2D eigenvalue weighted by molar-refractivity contribution is 6.30. The van der Waals surface area contributed by atoms with E-state index in [0.717, 1.165) is 34.6 Å². The lowest BCUT2D eigenvalue weighted by molar-refractivity contribution is -0.137. The summed E-state index contributed by atoms with van der Waals surface area (Å²) in [6, 6.07) is 13.6. The Morgan fingerprint density at radius 3 is 2.11 bits per heavy atom. The van der Waals surface area contributed by atoms with Crippen LogP contribution in [0, 0.1) is 12.3 Å². The SMILES string of the molecule is Cc1cc(Cl)ccc1-c1ccc(C(=O)N2CCN(C(=O)C3(C)CC3)CC2)cc1. The van der Waals surface area contributed by atoms with Crippen molar-refractivity contribution < 1.29 is 9.59 Å². The quantitative estimate of drug-likeness (QED) is 0.771. The number of nitrogens with zero attached hydrogens (tertiary/aromatic N) is 2. The molecule has 1 saturated heterocycles. The van der Waals surface area contributed by atoms with Gasteiger partial charge in [-0.2, -0.15) is 0 Å². The second-order valence-corrected chi connectivity index (χ2v) is 8.62. The van der Waals surface area contributed by atoms with Crippen LogP contribution in [-0.4, -0.2) is 47.8 Å². The lowest BCUT2D eigenvalue weighted by Gasteiger charge is -2.36. The van der Waals surface area contributed by atoms with Gasteiger partial charge in [0, 0.05) is 42.2 Å². The minimum atomic E-state index is -0.137. The Balaban J connectivity index is 1.41. The Morgan fingerprint density at radius 2 is 1.54 bits per heavy atom. The second-order valence-electron chi connectivity index (χ2n) is 8.18. The van der Waals surface area contributed by atoms with Crippen LogP contribution in [0.5, 0.6) is 0 Å². The van der Waals surface area contributed by atoms with Gasteiger partial charge in [0.1, 0.15) is 0 Å². The summed E-state index contributed by atoms with van der Waals surface area (Å²) in [5.41, 5.74) is 3.84. The van der Waals surface area contributed by atoms with E-state index in [2.05, 4.69) is 0 Å². The van der Waals surface area contributed by atoms with Crippen LogP contribution >= 0.6 is 11.6 Å². The van der Waals surface area contributed by atoms with E-state index in [1.54, 1.807) is 0 Å². The van der Waals surface area contributed by atoms with Crippen LogP contribution in [0.3, 0.4) is 0 Å².